The Hall–Kier alpha value is -2.47. The van der Waals surface area contributed by atoms with Crippen molar-refractivity contribution in [2.45, 2.75) is 4.90 Å². The second-order valence-electron chi connectivity index (χ2n) is 4.66. The molecule has 2 aromatic rings. The largest absolute Gasteiger partial charge is 0.320 e. The van der Waals surface area contributed by atoms with Crippen LogP contribution in [0.1, 0.15) is 0 Å². The molecule has 114 valence electrons. The van der Waals surface area contributed by atoms with Crippen LogP contribution in [0.5, 0.6) is 0 Å². The van der Waals surface area contributed by atoms with Gasteiger partial charge < -0.3 is 5.32 Å². The molecule has 0 aromatic heterocycles. The van der Waals surface area contributed by atoms with Gasteiger partial charge in [0.05, 0.1) is 10.6 Å². The summed E-state index contributed by atoms with van der Waals surface area (Å²) in [7, 11) is -3.43. The summed E-state index contributed by atoms with van der Waals surface area (Å²) in [6.45, 7) is 3.29. The predicted molar refractivity (Wildman–Crippen MR) is 83.8 cm³/mol. The van der Waals surface area contributed by atoms with Crippen molar-refractivity contribution in [3.63, 3.8) is 0 Å². The van der Waals surface area contributed by atoms with Crippen LogP contribution in [0.2, 0.25) is 0 Å². The average molecular weight is 319 g/mol. The Bertz CT molecular complexity index is 844. The number of nitrogens with one attached hydrogen (secondary N) is 1. The zero-order valence-electron chi connectivity index (χ0n) is 11.8. The van der Waals surface area contributed by atoms with E-state index in [9.17, 15) is 17.6 Å². The molecule has 1 amide bonds. The monoisotopic (exact) mass is 319 g/mol. The highest BCUT2D eigenvalue weighted by atomic mass is 32.2. The number of hydrogen-bond donors (Lipinski definition) is 1. The molecule has 1 N–H and O–H groups in total. The first-order valence-electron chi connectivity index (χ1n) is 6.35. The highest BCUT2D eigenvalue weighted by molar-refractivity contribution is 7.90. The van der Waals surface area contributed by atoms with Gasteiger partial charge in [-0.25, -0.2) is 12.8 Å². The summed E-state index contributed by atoms with van der Waals surface area (Å²) in [5.74, 6) is -1.18. The van der Waals surface area contributed by atoms with E-state index in [1.165, 1.54) is 18.2 Å². The summed E-state index contributed by atoms with van der Waals surface area (Å²) < 4.78 is 37.7. The van der Waals surface area contributed by atoms with E-state index in [4.69, 9.17) is 0 Å². The van der Waals surface area contributed by atoms with Crippen LogP contribution in [0.4, 0.5) is 10.1 Å². The third-order valence-corrected chi connectivity index (χ3v) is 4.16. The molecule has 22 heavy (non-hydrogen) atoms. The van der Waals surface area contributed by atoms with E-state index < -0.39 is 21.6 Å². The number of carbonyl (C=O) groups excluding carboxylic acids is 1. The Morgan fingerprint density at radius 3 is 2.50 bits per heavy atom. The van der Waals surface area contributed by atoms with Crippen LogP contribution in [-0.2, 0) is 14.6 Å². The van der Waals surface area contributed by atoms with Gasteiger partial charge in [-0.3, -0.25) is 4.79 Å². The molecular formula is C16H14FNO3S. The molecule has 4 nitrogen and oxygen atoms in total. The standard InChI is InChI=1S/C16H14FNO3S/c1-3-16(19)18-14-9-8-11(10-13(14)17)12-6-4-5-7-15(12)22(2,20)21/h3-10H,1H2,2H3,(H,18,19). The van der Waals surface area contributed by atoms with Gasteiger partial charge in [-0.1, -0.05) is 30.8 Å². The van der Waals surface area contributed by atoms with Gasteiger partial charge in [-0.05, 0) is 29.8 Å². The van der Waals surface area contributed by atoms with Crippen molar-refractivity contribution in [1.82, 2.24) is 0 Å². The SMILES string of the molecule is C=CC(=O)Nc1ccc(-c2ccccc2S(C)(=O)=O)cc1F. The summed E-state index contributed by atoms with van der Waals surface area (Å²) >= 11 is 0. The highest BCUT2D eigenvalue weighted by Crippen LogP contribution is 2.29. The molecule has 2 aromatic carbocycles. The number of hydrogen-bond acceptors (Lipinski definition) is 3. The summed E-state index contributed by atoms with van der Waals surface area (Å²) in [4.78, 5) is 11.3. The maximum Gasteiger partial charge on any atom is 0.247 e. The number of benzene rings is 2. The predicted octanol–water partition coefficient (Wildman–Crippen LogP) is 3.02. The summed E-state index contributed by atoms with van der Waals surface area (Å²) in [6, 6.07) is 10.5. The first kappa shape index (κ1) is 15.9. The lowest BCUT2D eigenvalue weighted by Gasteiger charge is -2.10. The maximum atomic E-state index is 14.1. The molecule has 0 bridgehead atoms. The van der Waals surface area contributed by atoms with Crippen LogP contribution in [0.3, 0.4) is 0 Å². The van der Waals surface area contributed by atoms with E-state index in [2.05, 4.69) is 11.9 Å². The minimum Gasteiger partial charge on any atom is -0.320 e. The van der Waals surface area contributed by atoms with E-state index in [0.717, 1.165) is 12.3 Å². The third-order valence-electron chi connectivity index (χ3n) is 3.01. The lowest BCUT2D eigenvalue weighted by atomic mass is 10.0. The second kappa shape index (κ2) is 6.11. The molecule has 0 spiro atoms. The Morgan fingerprint density at radius 2 is 1.91 bits per heavy atom. The van der Waals surface area contributed by atoms with Crippen LogP contribution in [0, 0.1) is 5.82 Å². The zero-order chi connectivity index (χ0) is 16.3. The Morgan fingerprint density at radius 1 is 1.23 bits per heavy atom. The van der Waals surface area contributed by atoms with Crippen LogP contribution in [0.25, 0.3) is 11.1 Å². The number of halogens is 1. The number of rotatable bonds is 4. The fourth-order valence-corrected chi connectivity index (χ4v) is 2.91. The highest BCUT2D eigenvalue weighted by Gasteiger charge is 2.15. The molecule has 0 atom stereocenters. The fraction of sp³-hybridized carbons (Fsp3) is 0.0625. The number of sulfone groups is 1. The molecule has 0 unspecified atom stereocenters. The molecule has 0 radical (unpaired) electrons. The van der Waals surface area contributed by atoms with Crippen molar-refractivity contribution >= 4 is 21.4 Å². The Kier molecular flexibility index (Phi) is 4.42. The summed E-state index contributed by atoms with van der Waals surface area (Å²) in [5, 5.41) is 2.33. The van der Waals surface area contributed by atoms with E-state index in [1.807, 2.05) is 0 Å². The smallest absolute Gasteiger partial charge is 0.247 e. The fourth-order valence-electron chi connectivity index (χ4n) is 2.00. The molecule has 0 aliphatic carbocycles. The quantitative estimate of drug-likeness (QED) is 0.881. The first-order chi connectivity index (χ1) is 10.3. The maximum absolute atomic E-state index is 14.1. The first-order valence-corrected chi connectivity index (χ1v) is 8.24. The van der Waals surface area contributed by atoms with Gasteiger partial charge in [0, 0.05) is 11.8 Å². The van der Waals surface area contributed by atoms with Crippen LogP contribution >= 0.6 is 0 Å². The number of carbonyl (C=O) groups is 1. The van der Waals surface area contributed by atoms with E-state index in [1.54, 1.807) is 24.3 Å². The molecule has 0 saturated heterocycles. The second-order valence-corrected chi connectivity index (χ2v) is 6.64. The van der Waals surface area contributed by atoms with Crippen molar-refractivity contribution in [2.75, 3.05) is 11.6 Å². The van der Waals surface area contributed by atoms with E-state index in [0.29, 0.717) is 11.1 Å². The van der Waals surface area contributed by atoms with Crippen LogP contribution < -0.4 is 5.32 Å². The number of amides is 1. The Labute approximate surface area is 128 Å². The molecule has 0 fully saturated rings. The molecule has 0 saturated carbocycles. The average Bonchev–Trinajstić information content (AvgIpc) is 2.48. The molecular weight excluding hydrogens is 305 g/mol. The van der Waals surface area contributed by atoms with Crippen molar-refractivity contribution in [1.29, 1.82) is 0 Å². The minimum atomic E-state index is -3.43. The molecule has 6 heteroatoms. The van der Waals surface area contributed by atoms with Gasteiger partial charge in [0.15, 0.2) is 9.84 Å². The van der Waals surface area contributed by atoms with E-state index in [-0.39, 0.29) is 10.6 Å². The van der Waals surface area contributed by atoms with Crippen molar-refractivity contribution < 1.29 is 17.6 Å². The van der Waals surface area contributed by atoms with Crippen LogP contribution in [0.15, 0.2) is 60.0 Å². The van der Waals surface area contributed by atoms with Crippen molar-refractivity contribution in [3.8, 4) is 11.1 Å². The zero-order valence-corrected chi connectivity index (χ0v) is 12.7. The van der Waals surface area contributed by atoms with Gasteiger partial charge in [-0.15, -0.1) is 0 Å². The van der Waals surface area contributed by atoms with Gasteiger partial charge >= 0.3 is 0 Å². The van der Waals surface area contributed by atoms with Gasteiger partial charge in [0.2, 0.25) is 5.91 Å². The van der Waals surface area contributed by atoms with Crippen molar-refractivity contribution in [2.24, 2.45) is 0 Å². The third kappa shape index (κ3) is 3.40. The molecule has 0 heterocycles. The molecule has 0 aliphatic rings. The van der Waals surface area contributed by atoms with Crippen LogP contribution in [-0.4, -0.2) is 20.6 Å². The number of anilines is 1. The topological polar surface area (TPSA) is 63.2 Å². The van der Waals surface area contributed by atoms with E-state index >= 15 is 0 Å². The van der Waals surface area contributed by atoms with Crippen molar-refractivity contribution in [3.05, 3.63) is 60.9 Å². The summed E-state index contributed by atoms with van der Waals surface area (Å²) in [5.41, 5.74) is 0.825. The Balaban J connectivity index is 2.50. The lowest BCUT2D eigenvalue weighted by Crippen LogP contribution is -2.08. The van der Waals surface area contributed by atoms with Gasteiger partial charge in [-0.2, -0.15) is 0 Å². The normalized spacial score (nSPS) is 11.0. The van der Waals surface area contributed by atoms with Gasteiger partial charge in [0.25, 0.3) is 0 Å². The van der Waals surface area contributed by atoms with Gasteiger partial charge in [0.1, 0.15) is 5.82 Å². The molecule has 2 rings (SSSR count). The summed E-state index contributed by atoms with van der Waals surface area (Å²) in [6.07, 6.45) is 2.13. The molecule has 0 aliphatic heterocycles. The minimum absolute atomic E-state index is 0.00508. The lowest BCUT2D eigenvalue weighted by molar-refractivity contribution is -0.111.